The fourth-order valence-electron chi connectivity index (χ4n) is 2.71. The topological polar surface area (TPSA) is 65.2 Å². The largest absolute Gasteiger partial charge is 0.471 e. The van der Waals surface area contributed by atoms with E-state index in [9.17, 15) is 4.79 Å². The number of para-hydroxylation sites is 1. The highest BCUT2D eigenvalue weighted by Gasteiger charge is 2.18. The summed E-state index contributed by atoms with van der Waals surface area (Å²) in [5.41, 5.74) is 2.39. The molecule has 0 aliphatic heterocycles. The van der Waals surface area contributed by atoms with Crippen LogP contribution in [0.3, 0.4) is 0 Å². The highest BCUT2D eigenvalue weighted by atomic mass is 79.9. The SMILES string of the molecule is CCn1ncc(Br)c1CN(C)C(=O)c1ccn(COc2ccccc2C)n1. The molecule has 142 valence electrons. The molecule has 0 bridgehead atoms. The Morgan fingerprint density at radius 1 is 1.30 bits per heavy atom. The molecular weight excluding hydrogens is 410 g/mol. The minimum atomic E-state index is -0.152. The Bertz CT molecular complexity index is 934. The lowest BCUT2D eigenvalue weighted by molar-refractivity contribution is 0.0773. The van der Waals surface area contributed by atoms with Crippen molar-refractivity contribution in [2.75, 3.05) is 7.05 Å². The van der Waals surface area contributed by atoms with Crippen LogP contribution < -0.4 is 4.74 Å². The van der Waals surface area contributed by atoms with E-state index in [4.69, 9.17) is 4.74 Å². The van der Waals surface area contributed by atoms with E-state index in [0.29, 0.717) is 12.2 Å². The van der Waals surface area contributed by atoms with E-state index < -0.39 is 0 Å². The molecule has 1 amide bonds. The van der Waals surface area contributed by atoms with Crippen LogP contribution in [0.5, 0.6) is 5.75 Å². The van der Waals surface area contributed by atoms with Gasteiger partial charge in [0.15, 0.2) is 12.4 Å². The third kappa shape index (κ3) is 4.39. The zero-order valence-electron chi connectivity index (χ0n) is 15.6. The Labute approximate surface area is 166 Å². The van der Waals surface area contributed by atoms with E-state index in [1.807, 2.05) is 42.8 Å². The monoisotopic (exact) mass is 431 g/mol. The van der Waals surface area contributed by atoms with Gasteiger partial charge in [0.05, 0.1) is 22.9 Å². The van der Waals surface area contributed by atoms with Crippen LogP contribution in [0.15, 0.2) is 47.2 Å². The number of carbonyl (C=O) groups excluding carboxylic acids is 1. The standard InChI is InChI=1S/C19H22BrN5O2/c1-4-25-17(15(20)11-21-25)12-23(3)19(26)16-9-10-24(22-16)13-27-18-8-6-5-7-14(18)2/h5-11H,4,12-13H2,1-3H3. The van der Waals surface area contributed by atoms with E-state index in [-0.39, 0.29) is 12.6 Å². The van der Waals surface area contributed by atoms with Crippen molar-refractivity contribution in [3.63, 3.8) is 0 Å². The van der Waals surface area contributed by atoms with Crippen LogP contribution in [0.2, 0.25) is 0 Å². The summed E-state index contributed by atoms with van der Waals surface area (Å²) in [5.74, 6) is 0.649. The van der Waals surface area contributed by atoms with Gasteiger partial charge in [-0.2, -0.15) is 10.2 Å². The van der Waals surface area contributed by atoms with Crippen LogP contribution in [0.1, 0.15) is 28.7 Å². The van der Waals surface area contributed by atoms with Gasteiger partial charge < -0.3 is 9.64 Å². The van der Waals surface area contributed by atoms with Crippen LogP contribution >= 0.6 is 15.9 Å². The van der Waals surface area contributed by atoms with Crippen molar-refractivity contribution < 1.29 is 9.53 Å². The molecule has 3 rings (SSSR count). The van der Waals surface area contributed by atoms with Crippen LogP contribution in [0.4, 0.5) is 0 Å². The summed E-state index contributed by atoms with van der Waals surface area (Å²) < 4.78 is 10.1. The van der Waals surface area contributed by atoms with Crippen molar-refractivity contribution in [1.82, 2.24) is 24.5 Å². The average Bonchev–Trinajstić information content (AvgIpc) is 3.27. The summed E-state index contributed by atoms with van der Waals surface area (Å²) in [6.45, 7) is 5.44. The molecule has 0 atom stereocenters. The van der Waals surface area contributed by atoms with Crippen LogP contribution in [0, 0.1) is 6.92 Å². The third-order valence-electron chi connectivity index (χ3n) is 4.24. The first-order valence-electron chi connectivity index (χ1n) is 8.67. The average molecular weight is 432 g/mol. The molecule has 1 aromatic carbocycles. The van der Waals surface area contributed by atoms with Crippen LogP contribution in [0.25, 0.3) is 0 Å². The van der Waals surface area contributed by atoms with Gasteiger partial charge in [0.1, 0.15) is 5.75 Å². The molecule has 2 heterocycles. The number of aryl methyl sites for hydroxylation is 2. The predicted molar refractivity (Wildman–Crippen MR) is 105 cm³/mol. The molecule has 0 radical (unpaired) electrons. The molecular formula is C19H22BrN5O2. The van der Waals surface area contributed by atoms with Crippen molar-refractivity contribution in [2.24, 2.45) is 0 Å². The Morgan fingerprint density at radius 3 is 2.81 bits per heavy atom. The quantitative estimate of drug-likeness (QED) is 0.574. The Hall–Kier alpha value is -2.61. The van der Waals surface area contributed by atoms with Gasteiger partial charge in [0, 0.05) is 19.8 Å². The first kappa shape index (κ1) is 19.2. The Morgan fingerprint density at radius 2 is 2.07 bits per heavy atom. The van der Waals surface area contributed by atoms with Crippen molar-refractivity contribution in [3.8, 4) is 5.75 Å². The fraction of sp³-hybridized carbons (Fsp3) is 0.316. The maximum atomic E-state index is 12.7. The molecule has 3 aromatic rings. The van der Waals surface area contributed by atoms with E-state index >= 15 is 0 Å². The van der Waals surface area contributed by atoms with Gasteiger partial charge in [-0.25, -0.2) is 4.68 Å². The predicted octanol–water partition coefficient (Wildman–Crippen LogP) is 3.48. The first-order valence-corrected chi connectivity index (χ1v) is 9.46. The second kappa shape index (κ2) is 8.39. The number of benzene rings is 1. The van der Waals surface area contributed by atoms with Gasteiger partial charge in [-0.15, -0.1) is 0 Å². The normalized spacial score (nSPS) is 10.8. The van der Waals surface area contributed by atoms with E-state index in [1.165, 1.54) is 0 Å². The van der Waals surface area contributed by atoms with Gasteiger partial charge in [-0.05, 0) is 47.5 Å². The smallest absolute Gasteiger partial charge is 0.274 e. The maximum absolute atomic E-state index is 12.7. The summed E-state index contributed by atoms with van der Waals surface area (Å²) in [6.07, 6.45) is 3.49. The van der Waals surface area contributed by atoms with E-state index in [1.54, 1.807) is 35.1 Å². The van der Waals surface area contributed by atoms with E-state index in [0.717, 1.165) is 28.0 Å². The number of aromatic nitrogens is 4. The summed E-state index contributed by atoms with van der Waals surface area (Å²) >= 11 is 3.49. The second-order valence-electron chi connectivity index (χ2n) is 6.20. The van der Waals surface area contributed by atoms with Gasteiger partial charge in [-0.1, -0.05) is 18.2 Å². The number of hydrogen-bond acceptors (Lipinski definition) is 4. The third-order valence-corrected chi connectivity index (χ3v) is 4.90. The first-order chi connectivity index (χ1) is 13.0. The van der Waals surface area contributed by atoms with Gasteiger partial charge in [0.25, 0.3) is 5.91 Å². The highest BCUT2D eigenvalue weighted by Crippen LogP contribution is 2.19. The number of halogens is 1. The Kier molecular flexibility index (Phi) is 5.95. The molecule has 0 N–H and O–H groups in total. The molecule has 0 fully saturated rings. The minimum Gasteiger partial charge on any atom is -0.471 e. The van der Waals surface area contributed by atoms with Crippen molar-refractivity contribution in [1.29, 1.82) is 0 Å². The second-order valence-corrected chi connectivity index (χ2v) is 7.05. The number of carbonyl (C=O) groups is 1. The Balaban J connectivity index is 1.64. The molecule has 8 heteroatoms. The summed E-state index contributed by atoms with van der Waals surface area (Å²) in [6, 6.07) is 9.49. The van der Waals surface area contributed by atoms with Gasteiger partial charge >= 0.3 is 0 Å². The molecule has 0 unspecified atom stereocenters. The molecule has 0 spiro atoms. The number of rotatable bonds is 7. The molecule has 2 aromatic heterocycles. The molecule has 7 nitrogen and oxygen atoms in total. The number of nitrogens with zero attached hydrogens (tertiary/aromatic N) is 5. The van der Waals surface area contributed by atoms with Crippen molar-refractivity contribution in [3.05, 3.63) is 64.1 Å². The van der Waals surface area contributed by atoms with Crippen LogP contribution in [-0.2, 0) is 19.8 Å². The highest BCUT2D eigenvalue weighted by molar-refractivity contribution is 9.10. The molecule has 27 heavy (non-hydrogen) atoms. The zero-order chi connectivity index (χ0) is 19.4. The lowest BCUT2D eigenvalue weighted by atomic mass is 10.2. The summed E-state index contributed by atoms with van der Waals surface area (Å²) in [7, 11) is 1.75. The zero-order valence-corrected chi connectivity index (χ0v) is 17.2. The number of ether oxygens (including phenoxy) is 1. The fourth-order valence-corrected chi connectivity index (χ4v) is 3.13. The van der Waals surface area contributed by atoms with Gasteiger partial charge in [0.2, 0.25) is 0 Å². The van der Waals surface area contributed by atoms with Crippen LogP contribution in [-0.4, -0.2) is 37.4 Å². The summed E-state index contributed by atoms with van der Waals surface area (Å²) in [5, 5.41) is 8.62. The molecule has 0 saturated heterocycles. The van der Waals surface area contributed by atoms with E-state index in [2.05, 4.69) is 26.1 Å². The molecule has 0 aliphatic rings. The summed E-state index contributed by atoms with van der Waals surface area (Å²) in [4.78, 5) is 14.3. The molecule has 0 saturated carbocycles. The maximum Gasteiger partial charge on any atom is 0.274 e. The lowest BCUT2D eigenvalue weighted by Crippen LogP contribution is -2.28. The minimum absolute atomic E-state index is 0.152. The number of hydrogen-bond donors (Lipinski definition) is 0. The van der Waals surface area contributed by atoms with Crippen molar-refractivity contribution in [2.45, 2.75) is 33.7 Å². The lowest BCUT2D eigenvalue weighted by Gasteiger charge is -2.17. The molecule has 0 aliphatic carbocycles. The van der Waals surface area contributed by atoms with Gasteiger partial charge in [-0.3, -0.25) is 9.48 Å². The van der Waals surface area contributed by atoms with Crippen molar-refractivity contribution >= 4 is 21.8 Å². The number of amides is 1.